The van der Waals surface area contributed by atoms with Crippen molar-refractivity contribution in [1.29, 1.82) is 0 Å². The molecule has 0 saturated heterocycles. The first-order valence-corrected chi connectivity index (χ1v) is 5.27. The molecule has 1 fully saturated rings. The third-order valence-corrected chi connectivity index (χ3v) is 2.81. The standard InChI is InChI=1S/C10H20N2O2/c1-8(13)3-2-6-12-9(14)10(7-11)4-5-10/h8,13H,2-7,11H2,1H3,(H,12,14). The van der Waals surface area contributed by atoms with E-state index in [2.05, 4.69) is 5.32 Å². The number of carbonyl (C=O) groups is 1. The molecule has 0 radical (unpaired) electrons. The second-order valence-electron chi connectivity index (χ2n) is 4.23. The van der Waals surface area contributed by atoms with Gasteiger partial charge in [-0.05, 0) is 32.6 Å². The molecule has 0 bridgehead atoms. The number of nitrogens with one attached hydrogen (secondary N) is 1. The molecule has 0 aromatic carbocycles. The van der Waals surface area contributed by atoms with Gasteiger partial charge in [0, 0.05) is 13.1 Å². The fourth-order valence-electron chi connectivity index (χ4n) is 1.46. The van der Waals surface area contributed by atoms with Crippen LogP contribution >= 0.6 is 0 Å². The van der Waals surface area contributed by atoms with Crippen LogP contribution in [0.25, 0.3) is 0 Å². The maximum Gasteiger partial charge on any atom is 0.227 e. The van der Waals surface area contributed by atoms with E-state index in [9.17, 15) is 4.79 Å². The quantitative estimate of drug-likeness (QED) is 0.528. The van der Waals surface area contributed by atoms with E-state index in [0.29, 0.717) is 13.1 Å². The van der Waals surface area contributed by atoms with Crippen molar-refractivity contribution in [3.63, 3.8) is 0 Å². The summed E-state index contributed by atoms with van der Waals surface area (Å²) < 4.78 is 0. The van der Waals surface area contributed by atoms with Gasteiger partial charge in [0.25, 0.3) is 0 Å². The Morgan fingerprint density at radius 3 is 2.71 bits per heavy atom. The lowest BCUT2D eigenvalue weighted by atomic mass is 10.1. The molecule has 1 rings (SSSR count). The zero-order valence-corrected chi connectivity index (χ0v) is 8.75. The van der Waals surface area contributed by atoms with Crippen LogP contribution < -0.4 is 11.1 Å². The summed E-state index contributed by atoms with van der Waals surface area (Å²) in [5, 5.41) is 11.9. The Balaban J connectivity index is 2.10. The molecular weight excluding hydrogens is 180 g/mol. The predicted octanol–water partition coefficient (Wildman–Crippen LogP) is 0.00250. The van der Waals surface area contributed by atoms with Crippen molar-refractivity contribution in [2.24, 2.45) is 11.1 Å². The van der Waals surface area contributed by atoms with Crippen molar-refractivity contribution in [2.75, 3.05) is 13.1 Å². The topological polar surface area (TPSA) is 75.3 Å². The SMILES string of the molecule is CC(O)CCCNC(=O)C1(CN)CC1. The molecule has 1 aliphatic rings. The molecular formula is C10H20N2O2. The van der Waals surface area contributed by atoms with E-state index in [4.69, 9.17) is 10.8 Å². The molecule has 4 nitrogen and oxygen atoms in total. The van der Waals surface area contributed by atoms with Gasteiger partial charge in [-0.2, -0.15) is 0 Å². The molecule has 4 N–H and O–H groups in total. The van der Waals surface area contributed by atoms with Gasteiger partial charge in [-0.1, -0.05) is 0 Å². The highest BCUT2D eigenvalue weighted by atomic mass is 16.3. The predicted molar refractivity (Wildman–Crippen MR) is 54.6 cm³/mol. The van der Waals surface area contributed by atoms with Crippen molar-refractivity contribution in [1.82, 2.24) is 5.32 Å². The average Bonchev–Trinajstić information content (AvgIpc) is 2.92. The van der Waals surface area contributed by atoms with Crippen molar-refractivity contribution < 1.29 is 9.90 Å². The van der Waals surface area contributed by atoms with Crippen molar-refractivity contribution in [2.45, 2.75) is 38.7 Å². The van der Waals surface area contributed by atoms with E-state index in [1.807, 2.05) is 0 Å². The van der Waals surface area contributed by atoms with Crippen LogP contribution in [0.15, 0.2) is 0 Å². The maximum absolute atomic E-state index is 11.5. The van der Waals surface area contributed by atoms with E-state index < -0.39 is 0 Å². The zero-order chi connectivity index (χ0) is 10.6. The van der Waals surface area contributed by atoms with Gasteiger partial charge < -0.3 is 16.2 Å². The number of carbonyl (C=O) groups excluding carboxylic acids is 1. The summed E-state index contributed by atoms with van der Waals surface area (Å²) in [5.41, 5.74) is 5.28. The number of aliphatic hydroxyl groups is 1. The number of hydrogen-bond acceptors (Lipinski definition) is 3. The third kappa shape index (κ3) is 2.96. The number of nitrogens with two attached hydrogens (primary N) is 1. The minimum Gasteiger partial charge on any atom is -0.393 e. The number of amides is 1. The first-order chi connectivity index (χ1) is 6.60. The number of aliphatic hydroxyl groups excluding tert-OH is 1. The van der Waals surface area contributed by atoms with Crippen LogP contribution in [0.4, 0.5) is 0 Å². The molecule has 0 heterocycles. The molecule has 1 atom stereocenters. The van der Waals surface area contributed by atoms with Gasteiger partial charge in [-0.25, -0.2) is 0 Å². The molecule has 1 unspecified atom stereocenters. The van der Waals surface area contributed by atoms with Crippen LogP contribution in [0, 0.1) is 5.41 Å². The van der Waals surface area contributed by atoms with Gasteiger partial charge in [-0.15, -0.1) is 0 Å². The first-order valence-electron chi connectivity index (χ1n) is 5.27. The molecule has 0 aromatic rings. The Bertz CT molecular complexity index is 200. The van der Waals surface area contributed by atoms with Gasteiger partial charge in [0.15, 0.2) is 0 Å². The second-order valence-corrected chi connectivity index (χ2v) is 4.23. The Labute approximate surface area is 84.9 Å². The average molecular weight is 200 g/mol. The smallest absolute Gasteiger partial charge is 0.227 e. The monoisotopic (exact) mass is 200 g/mol. The molecule has 0 spiro atoms. The highest BCUT2D eigenvalue weighted by molar-refractivity contribution is 5.85. The lowest BCUT2D eigenvalue weighted by molar-refractivity contribution is -0.126. The molecule has 1 saturated carbocycles. The summed E-state index contributed by atoms with van der Waals surface area (Å²) in [5.74, 6) is 0.0885. The van der Waals surface area contributed by atoms with Crippen LogP contribution in [-0.2, 0) is 4.79 Å². The summed E-state index contributed by atoms with van der Waals surface area (Å²) in [6.45, 7) is 2.85. The zero-order valence-electron chi connectivity index (χ0n) is 8.75. The third-order valence-electron chi connectivity index (χ3n) is 2.81. The molecule has 82 valence electrons. The van der Waals surface area contributed by atoms with Gasteiger partial charge in [-0.3, -0.25) is 4.79 Å². The van der Waals surface area contributed by atoms with Gasteiger partial charge in [0.05, 0.1) is 11.5 Å². The molecule has 1 amide bonds. The van der Waals surface area contributed by atoms with Crippen LogP contribution in [-0.4, -0.2) is 30.2 Å². The lowest BCUT2D eigenvalue weighted by Gasteiger charge is -2.12. The summed E-state index contributed by atoms with van der Waals surface area (Å²) in [4.78, 5) is 11.5. The van der Waals surface area contributed by atoms with Gasteiger partial charge >= 0.3 is 0 Å². The van der Waals surface area contributed by atoms with Crippen LogP contribution in [0.5, 0.6) is 0 Å². The number of rotatable bonds is 6. The normalized spacial score (nSPS) is 20.2. The van der Waals surface area contributed by atoms with E-state index in [-0.39, 0.29) is 17.4 Å². The fraction of sp³-hybridized carbons (Fsp3) is 0.900. The lowest BCUT2D eigenvalue weighted by Crippen LogP contribution is -2.37. The van der Waals surface area contributed by atoms with Gasteiger partial charge in [0.1, 0.15) is 0 Å². The minimum atomic E-state index is -0.281. The van der Waals surface area contributed by atoms with Crippen LogP contribution in [0.1, 0.15) is 32.6 Å². The summed E-state index contributed by atoms with van der Waals surface area (Å²) in [6, 6.07) is 0. The first kappa shape index (κ1) is 11.5. The Kier molecular flexibility index (Phi) is 3.89. The summed E-state index contributed by atoms with van der Waals surface area (Å²) in [6.07, 6.45) is 3.12. The van der Waals surface area contributed by atoms with Gasteiger partial charge in [0.2, 0.25) is 5.91 Å². The van der Waals surface area contributed by atoms with Crippen LogP contribution in [0.3, 0.4) is 0 Å². The van der Waals surface area contributed by atoms with E-state index in [0.717, 1.165) is 25.7 Å². The Morgan fingerprint density at radius 2 is 2.29 bits per heavy atom. The fourth-order valence-corrected chi connectivity index (χ4v) is 1.46. The van der Waals surface area contributed by atoms with E-state index in [1.54, 1.807) is 6.92 Å². The molecule has 14 heavy (non-hydrogen) atoms. The van der Waals surface area contributed by atoms with Crippen molar-refractivity contribution in [3.8, 4) is 0 Å². The highest BCUT2D eigenvalue weighted by Crippen LogP contribution is 2.44. The summed E-state index contributed by atoms with van der Waals surface area (Å²) in [7, 11) is 0. The Morgan fingerprint density at radius 1 is 1.64 bits per heavy atom. The largest absolute Gasteiger partial charge is 0.393 e. The van der Waals surface area contributed by atoms with E-state index >= 15 is 0 Å². The molecule has 0 aliphatic heterocycles. The van der Waals surface area contributed by atoms with Crippen LogP contribution in [0.2, 0.25) is 0 Å². The molecule has 0 aromatic heterocycles. The van der Waals surface area contributed by atoms with Crippen molar-refractivity contribution >= 4 is 5.91 Å². The highest BCUT2D eigenvalue weighted by Gasteiger charge is 2.48. The summed E-state index contributed by atoms with van der Waals surface area (Å²) >= 11 is 0. The molecule has 4 heteroatoms. The number of hydrogen-bond donors (Lipinski definition) is 3. The molecule has 1 aliphatic carbocycles. The second kappa shape index (κ2) is 4.75. The Hall–Kier alpha value is -0.610. The maximum atomic E-state index is 11.5. The minimum absolute atomic E-state index is 0.0885. The van der Waals surface area contributed by atoms with E-state index in [1.165, 1.54) is 0 Å². The van der Waals surface area contributed by atoms with Crippen molar-refractivity contribution in [3.05, 3.63) is 0 Å².